The fourth-order valence-electron chi connectivity index (χ4n) is 3.33. The van der Waals surface area contributed by atoms with Gasteiger partial charge < -0.3 is 14.6 Å². The van der Waals surface area contributed by atoms with E-state index in [4.69, 9.17) is 4.74 Å². The number of rotatable bonds is 6. The number of fused-ring (bicyclic) bond motifs is 1. The van der Waals surface area contributed by atoms with E-state index in [1.54, 1.807) is 11.5 Å². The van der Waals surface area contributed by atoms with E-state index in [1.807, 2.05) is 63.2 Å². The number of carbonyl (C=O) groups is 2. The quantitative estimate of drug-likeness (QED) is 0.663. The van der Waals surface area contributed by atoms with Crippen molar-refractivity contribution in [1.29, 1.82) is 0 Å². The molecule has 3 rings (SSSR count). The molecule has 0 saturated carbocycles. The van der Waals surface area contributed by atoms with Crippen molar-refractivity contribution >= 4 is 22.9 Å². The number of benzene rings is 2. The van der Waals surface area contributed by atoms with Crippen LogP contribution in [-0.4, -0.2) is 28.0 Å². The maximum Gasteiger partial charge on any atom is 0.326 e. The van der Waals surface area contributed by atoms with Crippen LogP contribution >= 0.6 is 0 Å². The van der Waals surface area contributed by atoms with Crippen LogP contribution in [0.4, 0.5) is 0 Å². The van der Waals surface area contributed by atoms with E-state index in [0.29, 0.717) is 18.0 Å². The van der Waals surface area contributed by atoms with Gasteiger partial charge in [0.25, 0.3) is 5.91 Å². The Labute approximate surface area is 164 Å². The number of carbonyl (C=O) groups excluding carboxylic acids is 2. The molecule has 2 aromatic carbocycles. The smallest absolute Gasteiger partial charge is 0.326 e. The third-order valence-corrected chi connectivity index (χ3v) is 4.64. The molecule has 0 bridgehead atoms. The Balaban J connectivity index is 1.91. The van der Waals surface area contributed by atoms with Gasteiger partial charge >= 0.3 is 5.97 Å². The normalized spacial score (nSPS) is 12.0. The summed E-state index contributed by atoms with van der Waals surface area (Å²) in [6.07, 6.45) is 0. The molecule has 0 aliphatic heterocycles. The van der Waals surface area contributed by atoms with E-state index in [0.717, 1.165) is 22.2 Å². The molecule has 0 aliphatic carbocycles. The van der Waals surface area contributed by atoms with E-state index < -0.39 is 0 Å². The molecule has 1 atom stereocenters. The van der Waals surface area contributed by atoms with Gasteiger partial charge in [-0.05, 0) is 51.5 Å². The molecule has 1 amide bonds. The van der Waals surface area contributed by atoms with E-state index >= 15 is 0 Å². The van der Waals surface area contributed by atoms with Crippen molar-refractivity contribution < 1.29 is 14.3 Å². The van der Waals surface area contributed by atoms with Crippen LogP contribution in [0.3, 0.4) is 0 Å². The Morgan fingerprint density at radius 2 is 1.93 bits per heavy atom. The van der Waals surface area contributed by atoms with Crippen LogP contribution in [0, 0.1) is 13.8 Å². The standard InChI is InChI=1S/C22H25N3O3/c1-5-28-20(26)13-25-19-9-7-6-8-18(19)24-21(25)16(4)23-22(27)17-11-10-14(2)12-15(17)3/h6-12,16H,5,13H2,1-4H3,(H,23,27). The highest BCUT2D eigenvalue weighted by Gasteiger charge is 2.21. The SMILES string of the molecule is CCOC(=O)Cn1c(C(C)NC(=O)c2ccc(C)cc2C)nc2ccccc21. The maximum absolute atomic E-state index is 12.8. The van der Waals surface area contributed by atoms with Crippen LogP contribution < -0.4 is 5.32 Å². The molecule has 6 nitrogen and oxygen atoms in total. The molecule has 0 radical (unpaired) electrons. The van der Waals surface area contributed by atoms with Crippen LogP contribution in [0.2, 0.25) is 0 Å². The first-order valence-corrected chi connectivity index (χ1v) is 9.39. The number of aryl methyl sites for hydroxylation is 2. The van der Waals surface area contributed by atoms with Crippen molar-refractivity contribution in [2.75, 3.05) is 6.61 Å². The number of nitrogens with zero attached hydrogens (tertiary/aromatic N) is 2. The summed E-state index contributed by atoms with van der Waals surface area (Å²) < 4.78 is 6.91. The second kappa shape index (κ2) is 8.25. The first kappa shape index (κ1) is 19.6. The number of hydrogen-bond donors (Lipinski definition) is 1. The van der Waals surface area contributed by atoms with Crippen molar-refractivity contribution in [3.63, 3.8) is 0 Å². The second-order valence-electron chi connectivity index (χ2n) is 6.86. The first-order chi connectivity index (χ1) is 13.4. The predicted octanol–water partition coefficient (Wildman–Crippen LogP) is 3.71. The molecular formula is C22H25N3O3. The number of amides is 1. The summed E-state index contributed by atoms with van der Waals surface area (Å²) in [5.41, 5.74) is 4.26. The average molecular weight is 379 g/mol. The highest BCUT2D eigenvalue weighted by Crippen LogP contribution is 2.22. The van der Waals surface area contributed by atoms with E-state index in [2.05, 4.69) is 10.3 Å². The zero-order valence-electron chi connectivity index (χ0n) is 16.7. The number of para-hydroxylation sites is 2. The van der Waals surface area contributed by atoms with Gasteiger partial charge in [0, 0.05) is 5.56 Å². The van der Waals surface area contributed by atoms with Crippen LogP contribution in [0.15, 0.2) is 42.5 Å². The number of ether oxygens (including phenoxy) is 1. The molecule has 6 heteroatoms. The Kier molecular flexibility index (Phi) is 5.78. The largest absolute Gasteiger partial charge is 0.465 e. The summed E-state index contributed by atoms with van der Waals surface area (Å²) in [5.74, 6) is 0.118. The van der Waals surface area contributed by atoms with Crippen LogP contribution in [-0.2, 0) is 16.1 Å². The van der Waals surface area contributed by atoms with Gasteiger partial charge in [0.05, 0.1) is 23.7 Å². The number of nitrogens with one attached hydrogen (secondary N) is 1. The molecule has 28 heavy (non-hydrogen) atoms. The van der Waals surface area contributed by atoms with Gasteiger partial charge in [-0.2, -0.15) is 0 Å². The summed E-state index contributed by atoms with van der Waals surface area (Å²) in [7, 11) is 0. The molecule has 0 aliphatic rings. The topological polar surface area (TPSA) is 73.2 Å². The molecule has 1 unspecified atom stereocenters. The molecule has 1 heterocycles. The minimum absolute atomic E-state index is 0.0491. The molecular weight excluding hydrogens is 354 g/mol. The third-order valence-electron chi connectivity index (χ3n) is 4.64. The Morgan fingerprint density at radius 3 is 2.64 bits per heavy atom. The van der Waals surface area contributed by atoms with Gasteiger partial charge in [-0.15, -0.1) is 0 Å². The zero-order chi connectivity index (χ0) is 20.3. The molecule has 1 N–H and O–H groups in total. The lowest BCUT2D eigenvalue weighted by Crippen LogP contribution is -2.30. The van der Waals surface area contributed by atoms with Gasteiger partial charge in [-0.3, -0.25) is 9.59 Å². The van der Waals surface area contributed by atoms with Crippen molar-refractivity contribution in [1.82, 2.24) is 14.9 Å². The van der Waals surface area contributed by atoms with Gasteiger partial charge in [-0.1, -0.05) is 29.8 Å². The molecule has 1 aromatic heterocycles. The Morgan fingerprint density at radius 1 is 1.18 bits per heavy atom. The van der Waals surface area contributed by atoms with E-state index in [1.165, 1.54) is 0 Å². The summed E-state index contributed by atoms with van der Waals surface area (Å²) in [4.78, 5) is 29.5. The number of hydrogen-bond acceptors (Lipinski definition) is 4. The Hall–Kier alpha value is -3.15. The molecule has 0 spiro atoms. The summed E-state index contributed by atoms with van der Waals surface area (Å²) in [5, 5.41) is 3.00. The lowest BCUT2D eigenvalue weighted by Gasteiger charge is -2.17. The second-order valence-corrected chi connectivity index (χ2v) is 6.86. The minimum Gasteiger partial charge on any atom is -0.465 e. The van der Waals surface area contributed by atoms with E-state index in [-0.39, 0.29) is 24.5 Å². The van der Waals surface area contributed by atoms with Crippen molar-refractivity contribution in [3.8, 4) is 0 Å². The fourth-order valence-corrected chi connectivity index (χ4v) is 3.33. The zero-order valence-corrected chi connectivity index (χ0v) is 16.7. The van der Waals surface area contributed by atoms with Crippen molar-refractivity contribution in [2.45, 2.75) is 40.3 Å². The average Bonchev–Trinajstić information content (AvgIpc) is 3.00. The summed E-state index contributed by atoms with van der Waals surface area (Å²) >= 11 is 0. The molecule has 3 aromatic rings. The highest BCUT2D eigenvalue weighted by molar-refractivity contribution is 5.96. The van der Waals surface area contributed by atoms with Crippen LogP contribution in [0.5, 0.6) is 0 Å². The van der Waals surface area contributed by atoms with Crippen LogP contribution in [0.25, 0.3) is 11.0 Å². The number of imidazole rings is 1. The van der Waals surface area contributed by atoms with Gasteiger partial charge in [0.1, 0.15) is 12.4 Å². The lowest BCUT2D eigenvalue weighted by atomic mass is 10.0. The monoisotopic (exact) mass is 379 g/mol. The van der Waals surface area contributed by atoms with Crippen molar-refractivity contribution in [2.24, 2.45) is 0 Å². The molecule has 146 valence electrons. The van der Waals surface area contributed by atoms with Crippen LogP contribution in [0.1, 0.15) is 47.2 Å². The summed E-state index contributed by atoms with van der Waals surface area (Å²) in [6, 6.07) is 12.9. The van der Waals surface area contributed by atoms with E-state index in [9.17, 15) is 9.59 Å². The minimum atomic E-state index is -0.380. The number of aromatic nitrogens is 2. The number of esters is 1. The molecule has 0 saturated heterocycles. The summed E-state index contributed by atoms with van der Waals surface area (Å²) in [6.45, 7) is 7.92. The van der Waals surface area contributed by atoms with Gasteiger partial charge in [-0.25, -0.2) is 4.98 Å². The third kappa shape index (κ3) is 4.06. The molecule has 0 fully saturated rings. The maximum atomic E-state index is 12.8. The lowest BCUT2D eigenvalue weighted by molar-refractivity contribution is -0.143. The highest BCUT2D eigenvalue weighted by atomic mass is 16.5. The fraction of sp³-hybridized carbons (Fsp3) is 0.318. The van der Waals surface area contributed by atoms with Gasteiger partial charge in [0.2, 0.25) is 0 Å². The Bertz CT molecular complexity index is 1020. The first-order valence-electron chi connectivity index (χ1n) is 9.39. The van der Waals surface area contributed by atoms with Gasteiger partial charge in [0.15, 0.2) is 0 Å². The predicted molar refractivity (Wildman–Crippen MR) is 108 cm³/mol. The van der Waals surface area contributed by atoms with Crippen molar-refractivity contribution in [3.05, 3.63) is 65.0 Å².